The van der Waals surface area contributed by atoms with Crippen LogP contribution in [0.15, 0.2) is 69.3 Å². The van der Waals surface area contributed by atoms with Gasteiger partial charge in [0.05, 0.1) is 24.3 Å². The predicted octanol–water partition coefficient (Wildman–Crippen LogP) is 1.86. The highest BCUT2D eigenvalue weighted by atomic mass is 16.6. The van der Waals surface area contributed by atoms with Crippen LogP contribution in [0.4, 0.5) is 11.6 Å². The number of carbonyl (C=O) groups excluding carboxylic acids is 1. The highest BCUT2D eigenvalue weighted by Gasteiger charge is 2.22. The molecule has 2 aromatic carbocycles. The number of non-ortho nitro benzene ring substituents is 1. The minimum absolute atomic E-state index is 0.0857. The van der Waals surface area contributed by atoms with Crippen molar-refractivity contribution in [3.8, 4) is 0 Å². The number of aromatic nitrogens is 4. The second-order valence-corrected chi connectivity index (χ2v) is 7.94. The number of rotatable bonds is 9. The Morgan fingerprint density at radius 2 is 1.92 bits per heavy atom. The molecule has 0 bridgehead atoms. The van der Waals surface area contributed by atoms with E-state index in [1.54, 1.807) is 17.6 Å². The van der Waals surface area contributed by atoms with E-state index in [1.807, 2.05) is 30.3 Å². The lowest BCUT2D eigenvalue weighted by Crippen LogP contribution is -2.41. The van der Waals surface area contributed by atoms with E-state index in [2.05, 4.69) is 15.5 Å². The summed E-state index contributed by atoms with van der Waals surface area (Å²) in [6, 6.07) is 15.2. The number of benzene rings is 2. The summed E-state index contributed by atoms with van der Waals surface area (Å²) < 4.78 is 8.45. The van der Waals surface area contributed by atoms with Gasteiger partial charge in [0.25, 0.3) is 11.2 Å². The molecule has 0 aliphatic heterocycles. The smallest absolute Gasteiger partial charge is 0.333 e. The molecule has 37 heavy (non-hydrogen) atoms. The van der Waals surface area contributed by atoms with E-state index < -0.39 is 28.7 Å². The van der Waals surface area contributed by atoms with E-state index in [-0.39, 0.29) is 36.0 Å². The van der Waals surface area contributed by atoms with Crippen LogP contribution in [0.25, 0.3) is 11.2 Å². The zero-order valence-electron chi connectivity index (χ0n) is 20.0. The third kappa shape index (κ3) is 5.29. The first kappa shape index (κ1) is 25.0. The topological polar surface area (TPSA) is 156 Å². The third-order valence-electron chi connectivity index (χ3n) is 5.47. The van der Waals surface area contributed by atoms with Crippen LogP contribution >= 0.6 is 0 Å². The molecule has 4 rings (SSSR count). The van der Waals surface area contributed by atoms with Crippen LogP contribution in [0.5, 0.6) is 0 Å². The number of fused-ring (bicyclic) bond motifs is 1. The zero-order chi connectivity index (χ0) is 26.5. The zero-order valence-corrected chi connectivity index (χ0v) is 20.0. The number of nitrogens with zero attached hydrogens (tertiary/aromatic N) is 6. The molecule has 2 aromatic heterocycles. The van der Waals surface area contributed by atoms with Crippen LogP contribution in [-0.2, 0) is 29.7 Å². The minimum Gasteiger partial charge on any atom is -0.465 e. The molecule has 0 fully saturated rings. The van der Waals surface area contributed by atoms with E-state index in [4.69, 9.17) is 4.74 Å². The summed E-state index contributed by atoms with van der Waals surface area (Å²) in [4.78, 5) is 53.3. The van der Waals surface area contributed by atoms with Crippen LogP contribution in [0.1, 0.15) is 18.1 Å². The Labute approximate surface area is 209 Å². The van der Waals surface area contributed by atoms with Crippen molar-refractivity contribution in [2.45, 2.75) is 20.0 Å². The van der Waals surface area contributed by atoms with Gasteiger partial charge in [0.15, 0.2) is 11.2 Å². The van der Waals surface area contributed by atoms with Crippen LogP contribution in [0, 0.1) is 10.1 Å². The maximum Gasteiger partial charge on any atom is 0.333 e. The van der Waals surface area contributed by atoms with Crippen molar-refractivity contribution in [2.75, 3.05) is 12.0 Å². The molecule has 4 aromatic rings. The van der Waals surface area contributed by atoms with Crippen LogP contribution < -0.4 is 16.7 Å². The normalized spacial score (nSPS) is 11.2. The molecule has 0 spiro atoms. The fourth-order valence-corrected chi connectivity index (χ4v) is 3.74. The number of esters is 1. The highest BCUT2D eigenvalue weighted by Crippen LogP contribution is 2.18. The third-order valence-corrected chi connectivity index (χ3v) is 5.47. The summed E-state index contributed by atoms with van der Waals surface area (Å²) in [6.07, 6.45) is 1.37. The Morgan fingerprint density at radius 3 is 2.62 bits per heavy atom. The van der Waals surface area contributed by atoms with E-state index >= 15 is 0 Å². The lowest BCUT2D eigenvalue weighted by Gasteiger charge is -2.10. The number of hydrogen-bond acceptors (Lipinski definition) is 9. The number of hydrogen-bond donors (Lipinski definition) is 1. The van der Waals surface area contributed by atoms with Crippen LogP contribution in [-0.4, -0.2) is 42.4 Å². The number of carbonyl (C=O) groups is 1. The van der Waals surface area contributed by atoms with E-state index in [1.165, 1.54) is 36.0 Å². The second kappa shape index (κ2) is 10.7. The summed E-state index contributed by atoms with van der Waals surface area (Å²) in [6.45, 7) is 1.40. The number of nitro benzene ring substituents is 1. The van der Waals surface area contributed by atoms with Gasteiger partial charge in [-0.15, -0.1) is 0 Å². The van der Waals surface area contributed by atoms with Gasteiger partial charge < -0.3 is 4.74 Å². The molecule has 2 heterocycles. The quantitative estimate of drug-likeness (QED) is 0.156. The fourth-order valence-electron chi connectivity index (χ4n) is 3.74. The van der Waals surface area contributed by atoms with Gasteiger partial charge >= 0.3 is 11.7 Å². The number of imidazole rings is 1. The number of ether oxygens (including phenoxy) is 1. The van der Waals surface area contributed by atoms with Crippen molar-refractivity contribution in [3.63, 3.8) is 0 Å². The molecule has 13 heteroatoms. The molecule has 0 saturated carbocycles. The van der Waals surface area contributed by atoms with Gasteiger partial charge in [0, 0.05) is 24.7 Å². The summed E-state index contributed by atoms with van der Waals surface area (Å²) >= 11 is 0. The minimum atomic E-state index is -0.721. The Balaban J connectivity index is 1.81. The first-order chi connectivity index (χ1) is 17.8. The number of nitro groups is 1. The van der Waals surface area contributed by atoms with Crippen molar-refractivity contribution < 1.29 is 14.5 Å². The van der Waals surface area contributed by atoms with E-state index in [9.17, 15) is 24.5 Å². The molecular formula is C24H23N7O6. The van der Waals surface area contributed by atoms with E-state index in [0.29, 0.717) is 5.56 Å². The average molecular weight is 505 g/mol. The largest absolute Gasteiger partial charge is 0.465 e. The summed E-state index contributed by atoms with van der Waals surface area (Å²) in [5.41, 5.74) is 2.76. The molecular weight excluding hydrogens is 482 g/mol. The molecule has 0 aliphatic rings. The summed E-state index contributed by atoms with van der Waals surface area (Å²) in [5, 5.41) is 15.2. The Kier molecular flexibility index (Phi) is 7.23. The maximum atomic E-state index is 13.4. The molecule has 0 unspecified atom stereocenters. The Bertz CT molecular complexity index is 1620. The number of nitrogens with one attached hydrogen (secondary N) is 1. The van der Waals surface area contributed by atoms with Gasteiger partial charge in [-0.3, -0.25) is 28.8 Å². The first-order valence-electron chi connectivity index (χ1n) is 11.2. The molecule has 0 amide bonds. The second-order valence-electron chi connectivity index (χ2n) is 7.94. The Morgan fingerprint density at radius 1 is 1.16 bits per heavy atom. The fraction of sp³-hybridized carbons (Fsp3) is 0.208. The average Bonchev–Trinajstić information content (AvgIpc) is 3.24. The van der Waals surface area contributed by atoms with Gasteiger partial charge in [0.1, 0.15) is 6.54 Å². The highest BCUT2D eigenvalue weighted by molar-refractivity contribution is 5.81. The van der Waals surface area contributed by atoms with Crippen LogP contribution in [0.2, 0.25) is 0 Å². The van der Waals surface area contributed by atoms with Gasteiger partial charge in [-0.2, -0.15) is 10.1 Å². The first-order valence-corrected chi connectivity index (χ1v) is 11.2. The Hall–Kier alpha value is -5.07. The van der Waals surface area contributed by atoms with Gasteiger partial charge in [-0.1, -0.05) is 42.5 Å². The van der Waals surface area contributed by atoms with Crippen molar-refractivity contribution in [3.05, 3.63) is 96.7 Å². The number of aryl methyl sites for hydroxylation is 1. The standard InChI is InChI=1S/C24H23N7O6/c1-3-37-19(32)15-30-22(33)20-21(28(2)24(30)34)26-23(29(20)14-16-8-5-4-6-9-16)27-25-13-17-10-7-11-18(12-17)31(35)36/h4-13H,3,14-15H2,1-2H3,(H,26,27)/b25-13+. The molecule has 1 N–H and O–H groups in total. The van der Waals surface area contributed by atoms with Gasteiger partial charge in [0.2, 0.25) is 5.95 Å². The lowest BCUT2D eigenvalue weighted by atomic mass is 10.2. The predicted molar refractivity (Wildman–Crippen MR) is 136 cm³/mol. The molecule has 13 nitrogen and oxygen atoms in total. The molecule has 0 atom stereocenters. The lowest BCUT2D eigenvalue weighted by molar-refractivity contribution is -0.384. The van der Waals surface area contributed by atoms with Crippen molar-refractivity contribution in [1.29, 1.82) is 0 Å². The van der Waals surface area contributed by atoms with Crippen molar-refractivity contribution in [2.24, 2.45) is 12.1 Å². The number of anilines is 1. The molecule has 190 valence electrons. The van der Waals surface area contributed by atoms with Crippen molar-refractivity contribution in [1.82, 2.24) is 18.7 Å². The van der Waals surface area contributed by atoms with Gasteiger partial charge in [-0.05, 0) is 12.5 Å². The number of hydrazone groups is 1. The summed E-state index contributed by atoms with van der Waals surface area (Å²) in [7, 11) is 1.45. The molecule has 0 radical (unpaired) electrons. The van der Waals surface area contributed by atoms with Crippen molar-refractivity contribution >= 4 is 35.0 Å². The SMILES string of the molecule is CCOC(=O)Cn1c(=O)c2c(nc(N/N=C/c3cccc([N+](=O)[O-])c3)n2Cc2ccccc2)n(C)c1=O. The van der Waals surface area contributed by atoms with Crippen LogP contribution in [0.3, 0.4) is 0 Å². The molecule has 0 saturated heterocycles. The molecule has 0 aliphatic carbocycles. The van der Waals surface area contributed by atoms with Gasteiger partial charge in [-0.25, -0.2) is 14.8 Å². The summed E-state index contributed by atoms with van der Waals surface area (Å²) in [5.74, 6) is -0.559. The maximum absolute atomic E-state index is 13.4. The monoisotopic (exact) mass is 505 g/mol. The van der Waals surface area contributed by atoms with E-state index in [0.717, 1.165) is 10.1 Å².